The van der Waals surface area contributed by atoms with E-state index in [2.05, 4.69) is 45.6 Å². The highest BCUT2D eigenvalue weighted by Crippen LogP contribution is 2.74. The largest absolute Gasteiger partial charge is 0.298 e. The number of hydrogen-bond donors (Lipinski definition) is 0. The first-order chi connectivity index (χ1) is 17.7. The molecule has 1 saturated heterocycles. The van der Waals surface area contributed by atoms with Crippen LogP contribution in [0, 0.1) is 56.2 Å². The number of fused-ring (bicyclic) bond motifs is 7. The third kappa shape index (κ3) is 3.12. The molecule has 206 valence electrons. The van der Waals surface area contributed by atoms with Gasteiger partial charge in [-0.15, -0.1) is 0 Å². The number of allylic oxidation sites excluding steroid dienone is 4. The van der Waals surface area contributed by atoms with Gasteiger partial charge in [0.15, 0.2) is 11.6 Å². The zero-order chi connectivity index (χ0) is 27.5. The molecule has 3 saturated carbocycles. The lowest BCUT2D eigenvalue weighted by Crippen LogP contribution is -2.65. The summed E-state index contributed by atoms with van der Waals surface area (Å²) < 4.78 is 0. The maximum Gasteiger partial charge on any atom is 0.178 e. The molecule has 0 radical (unpaired) electrons. The Morgan fingerprint density at radius 2 is 1.58 bits per heavy atom. The van der Waals surface area contributed by atoms with Crippen LogP contribution in [0.25, 0.3) is 0 Å². The van der Waals surface area contributed by atoms with Gasteiger partial charge in [-0.25, -0.2) is 0 Å². The molecule has 0 aromatic rings. The lowest BCUT2D eigenvalue weighted by atomic mass is 9.34. The smallest absolute Gasteiger partial charge is 0.178 e. The van der Waals surface area contributed by atoms with Crippen LogP contribution < -0.4 is 0 Å². The van der Waals surface area contributed by atoms with Crippen LogP contribution in [0.4, 0.5) is 0 Å². The summed E-state index contributed by atoms with van der Waals surface area (Å²) in [5.41, 5.74) is 0.638. The van der Waals surface area contributed by atoms with Crippen LogP contribution in [0.15, 0.2) is 23.3 Å². The predicted octanol–water partition coefficient (Wildman–Crippen LogP) is 7.05. The Hall–Kier alpha value is -1.73. The Morgan fingerprint density at radius 3 is 2.24 bits per heavy atom. The van der Waals surface area contributed by atoms with E-state index in [1.165, 1.54) is 50.8 Å². The minimum atomic E-state index is -0.608. The van der Waals surface area contributed by atoms with E-state index in [0.29, 0.717) is 11.7 Å². The van der Waals surface area contributed by atoms with Gasteiger partial charge in [0.25, 0.3) is 0 Å². The fourth-order valence-electron chi connectivity index (χ4n) is 11.2. The van der Waals surface area contributed by atoms with Crippen molar-refractivity contribution in [2.45, 2.75) is 112 Å². The Morgan fingerprint density at radius 1 is 0.921 bits per heavy atom. The summed E-state index contributed by atoms with van der Waals surface area (Å²) >= 11 is 0. The second-order valence-corrected chi connectivity index (χ2v) is 15.9. The molecule has 6 rings (SSSR count). The molecule has 1 aliphatic heterocycles. The molecule has 0 amide bonds. The summed E-state index contributed by atoms with van der Waals surface area (Å²) in [7, 11) is 0. The van der Waals surface area contributed by atoms with Gasteiger partial charge in [0.2, 0.25) is 0 Å². The van der Waals surface area contributed by atoms with Gasteiger partial charge in [-0.2, -0.15) is 5.26 Å². The van der Waals surface area contributed by atoms with Crippen molar-refractivity contribution in [3.8, 4) is 6.07 Å². The van der Waals surface area contributed by atoms with Gasteiger partial charge in [-0.3, -0.25) is 14.5 Å². The first-order valence-electron chi connectivity index (χ1n) is 15.4. The zero-order valence-electron chi connectivity index (χ0n) is 24.9. The summed E-state index contributed by atoms with van der Waals surface area (Å²) in [6.07, 6.45) is 14.5. The molecule has 4 heteroatoms. The molecule has 0 N–H and O–H groups in total. The van der Waals surface area contributed by atoms with Crippen molar-refractivity contribution < 1.29 is 9.59 Å². The van der Waals surface area contributed by atoms with Crippen molar-refractivity contribution >= 4 is 11.6 Å². The van der Waals surface area contributed by atoms with Crippen molar-refractivity contribution in [2.24, 2.45) is 44.8 Å². The molecule has 1 heterocycles. The standard InChI is InChI=1S/C34H48N2O2/c1-29(2)25-10-11-33(6)26(32(25,5)19-22(21-35)28(29)38)18-24(37)27-23-20-31(4,36-16-8-9-17-36)14-12-30(23,3)13-15-34(27,33)7/h18-19,23,25,27H,8-17,20H2,1-7H3/t23-,25-,27-,30+,31?,32-,33+,34+/m0/s1. The fourth-order valence-corrected chi connectivity index (χ4v) is 11.2. The SMILES string of the molecule is CC1(C)C(=O)C(C#N)=C[C@]2(C)C3=CC(=O)[C@@H]4[C@@H]5CC(C)(N6CCCC6)CC[C@]5(C)CC[C@@]4(C)[C@]3(C)CC[C@@H]12. The van der Waals surface area contributed by atoms with Gasteiger partial charge in [-0.05, 0) is 112 Å². The van der Waals surface area contributed by atoms with E-state index in [9.17, 15) is 14.9 Å². The molecule has 5 aliphatic carbocycles. The lowest BCUT2D eigenvalue weighted by Gasteiger charge is -2.69. The molecule has 8 atom stereocenters. The van der Waals surface area contributed by atoms with Gasteiger partial charge in [0.05, 0.1) is 5.57 Å². The van der Waals surface area contributed by atoms with E-state index in [4.69, 9.17) is 0 Å². The number of nitrogens with zero attached hydrogens (tertiary/aromatic N) is 2. The lowest BCUT2D eigenvalue weighted by molar-refractivity contribution is -0.170. The van der Waals surface area contributed by atoms with Crippen LogP contribution in [0.2, 0.25) is 0 Å². The van der Waals surface area contributed by atoms with Crippen LogP contribution >= 0.6 is 0 Å². The average molecular weight is 517 g/mol. The molecule has 0 aromatic heterocycles. The third-order valence-corrected chi connectivity index (χ3v) is 13.9. The van der Waals surface area contributed by atoms with Crippen LogP contribution in [-0.4, -0.2) is 35.1 Å². The number of Topliss-reactive ketones (excluding diaryl/α,β-unsaturated/α-hetero) is 1. The monoisotopic (exact) mass is 516 g/mol. The van der Waals surface area contributed by atoms with Gasteiger partial charge in [-0.1, -0.05) is 53.2 Å². The van der Waals surface area contributed by atoms with Gasteiger partial charge in [0.1, 0.15) is 6.07 Å². The molecule has 0 aromatic carbocycles. The van der Waals surface area contributed by atoms with E-state index in [0.717, 1.165) is 25.7 Å². The quantitative estimate of drug-likeness (QED) is 0.374. The van der Waals surface area contributed by atoms with E-state index in [1.54, 1.807) is 0 Å². The number of hydrogen-bond acceptors (Lipinski definition) is 4. The summed E-state index contributed by atoms with van der Waals surface area (Å²) in [4.78, 5) is 30.5. The Labute approximate surface area is 230 Å². The van der Waals surface area contributed by atoms with Crippen molar-refractivity contribution in [2.75, 3.05) is 13.1 Å². The average Bonchev–Trinajstić information content (AvgIpc) is 3.40. The zero-order valence-corrected chi connectivity index (χ0v) is 24.9. The van der Waals surface area contributed by atoms with E-state index in [-0.39, 0.29) is 45.0 Å². The number of carbonyl (C=O) groups excluding carboxylic acids is 2. The molecule has 6 aliphatic rings. The second kappa shape index (κ2) is 7.93. The highest BCUT2D eigenvalue weighted by Gasteiger charge is 2.69. The summed E-state index contributed by atoms with van der Waals surface area (Å²) in [6, 6.07) is 2.23. The molecule has 0 bridgehead atoms. The fraction of sp³-hybridized carbons (Fsp3) is 0.794. The molecule has 4 nitrogen and oxygen atoms in total. The highest BCUT2D eigenvalue weighted by molar-refractivity contribution is 6.04. The van der Waals surface area contributed by atoms with Crippen LogP contribution in [0.1, 0.15) is 106 Å². The normalized spacial score (nSPS) is 50.1. The van der Waals surface area contributed by atoms with Crippen molar-refractivity contribution in [1.29, 1.82) is 5.26 Å². The number of nitriles is 1. The number of rotatable bonds is 1. The second-order valence-electron chi connectivity index (χ2n) is 15.9. The molecule has 38 heavy (non-hydrogen) atoms. The topological polar surface area (TPSA) is 61.2 Å². The van der Waals surface area contributed by atoms with E-state index >= 15 is 0 Å². The number of ketones is 2. The molecular weight excluding hydrogens is 468 g/mol. The van der Waals surface area contributed by atoms with Gasteiger partial charge >= 0.3 is 0 Å². The van der Waals surface area contributed by atoms with Crippen LogP contribution in [-0.2, 0) is 9.59 Å². The Balaban J connectivity index is 1.47. The number of carbonyl (C=O) groups is 2. The first-order valence-corrected chi connectivity index (χ1v) is 15.4. The first kappa shape index (κ1) is 26.5. The maximum absolute atomic E-state index is 14.5. The molecule has 4 fully saturated rings. The van der Waals surface area contributed by atoms with Crippen LogP contribution in [0.5, 0.6) is 0 Å². The summed E-state index contributed by atoms with van der Waals surface area (Å²) in [5.74, 6) is 0.853. The maximum atomic E-state index is 14.5. The van der Waals surface area contributed by atoms with Crippen LogP contribution in [0.3, 0.4) is 0 Å². The third-order valence-electron chi connectivity index (χ3n) is 13.9. The van der Waals surface area contributed by atoms with E-state index < -0.39 is 10.8 Å². The molecule has 0 spiro atoms. The van der Waals surface area contributed by atoms with Crippen molar-refractivity contribution in [3.05, 3.63) is 23.3 Å². The molecule has 1 unspecified atom stereocenters. The van der Waals surface area contributed by atoms with Gasteiger partial charge in [0, 0.05) is 22.3 Å². The van der Waals surface area contributed by atoms with Crippen molar-refractivity contribution in [3.63, 3.8) is 0 Å². The van der Waals surface area contributed by atoms with Gasteiger partial charge < -0.3 is 0 Å². The highest BCUT2D eigenvalue weighted by atomic mass is 16.1. The predicted molar refractivity (Wildman–Crippen MR) is 150 cm³/mol. The minimum absolute atomic E-state index is 0.0326. The number of likely N-dealkylation sites (tertiary alicyclic amines) is 1. The molecular formula is C34H48N2O2. The summed E-state index contributed by atoms with van der Waals surface area (Å²) in [5, 5.41) is 9.92. The summed E-state index contributed by atoms with van der Waals surface area (Å²) in [6.45, 7) is 18.5. The van der Waals surface area contributed by atoms with E-state index in [1.807, 2.05) is 26.0 Å². The van der Waals surface area contributed by atoms with Crippen molar-refractivity contribution in [1.82, 2.24) is 4.90 Å². The Kier molecular flexibility index (Phi) is 5.53. The Bertz CT molecular complexity index is 1200. The minimum Gasteiger partial charge on any atom is -0.298 e.